The summed E-state index contributed by atoms with van der Waals surface area (Å²) in [5.74, 6) is 0.851. The number of carbonyl (C=O) groups is 1. The highest BCUT2D eigenvalue weighted by atomic mass is 32.2. The Balaban J connectivity index is 1.74. The summed E-state index contributed by atoms with van der Waals surface area (Å²) >= 11 is 1.66. The van der Waals surface area contributed by atoms with E-state index in [1.807, 2.05) is 0 Å². The van der Waals surface area contributed by atoms with Crippen molar-refractivity contribution in [2.45, 2.75) is 11.9 Å². The smallest absolute Gasteiger partial charge is 0.269 e. The van der Waals surface area contributed by atoms with Crippen LogP contribution in [0.1, 0.15) is 10.9 Å². The molecule has 1 saturated heterocycles. The van der Waals surface area contributed by atoms with Crippen LogP contribution in [0.3, 0.4) is 0 Å². The van der Waals surface area contributed by atoms with E-state index in [1.54, 1.807) is 51.9 Å². The minimum Gasteiger partial charge on any atom is -0.324 e. The van der Waals surface area contributed by atoms with E-state index in [2.05, 4.69) is 5.10 Å². The number of amides is 1. The maximum absolute atomic E-state index is 12.4. The molecular formula is C14H14N4O3S. The van der Waals surface area contributed by atoms with Gasteiger partial charge >= 0.3 is 0 Å². The number of nitrogens with zero attached hydrogens (tertiary/aromatic N) is 4. The number of rotatable bonds is 4. The van der Waals surface area contributed by atoms with Crippen LogP contribution < -0.4 is 0 Å². The quantitative estimate of drug-likeness (QED) is 0.636. The molecule has 1 aromatic carbocycles. The lowest BCUT2D eigenvalue weighted by Crippen LogP contribution is -2.33. The van der Waals surface area contributed by atoms with Crippen molar-refractivity contribution in [3.63, 3.8) is 0 Å². The largest absolute Gasteiger partial charge is 0.324 e. The number of aromatic nitrogens is 2. The number of nitro benzene ring substituents is 1. The Hall–Kier alpha value is -2.35. The molecule has 0 saturated carbocycles. The average Bonchev–Trinajstić information content (AvgIpc) is 3.18. The minimum atomic E-state index is -0.424. The Morgan fingerprint density at radius 3 is 2.82 bits per heavy atom. The summed E-state index contributed by atoms with van der Waals surface area (Å²) in [6.07, 6.45) is 3.39. The van der Waals surface area contributed by atoms with Crippen LogP contribution in [-0.2, 0) is 11.3 Å². The van der Waals surface area contributed by atoms with E-state index >= 15 is 0 Å². The molecule has 0 N–H and O–H groups in total. The molecule has 2 aromatic rings. The van der Waals surface area contributed by atoms with Gasteiger partial charge in [-0.3, -0.25) is 19.6 Å². The van der Waals surface area contributed by atoms with Crippen LogP contribution in [0.15, 0.2) is 42.7 Å². The van der Waals surface area contributed by atoms with Crippen LogP contribution in [-0.4, -0.2) is 37.8 Å². The molecule has 2 heterocycles. The van der Waals surface area contributed by atoms with Crippen molar-refractivity contribution in [2.24, 2.45) is 0 Å². The number of hydrogen-bond donors (Lipinski definition) is 0. The van der Waals surface area contributed by atoms with Gasteiger partial charge in [0.2, 0.25) is 5.91 Å². The van der Waals surface area contributed by atoms with Gasteiger partial charge in [0.15, 0.2) is 0 Å². The molecule has 0 spiro atoms. The molecule has 1 fully saturated rings. The van der Waals surface area contributed by atoms with Gasteiger partial charge in [0.1, 0.15) is 11.9 Å². The second-order valence-electron chi connectivity index (χ2n) is 4.86. The zero-order valence-electron chi connectivity index (χ0n) is 11.7. The van der Waals surface area contributed by atoms with Gasteiger partial charge in [0.05, 0.1) is 4.92 Å². The monoisotopic (exact) mass is 318 g/mol. The molecule has 8 heteroatoms. The third-order valence-electron chi connectivity index (χ3n) is 3.46. The molecule has 1 aliphatic heterocycles. The highest BCUT2D eigenvalue weighted by Crippen LogP contribution is 2.38. The summed E-state index contributed by atoms with van der Waals surface area (Å²) in [6.45, 7) is 0.878. The van der Waals surface area contributed by atoms with Gasteiger partial charge in [-0.1, -0.05) is 0 Å². The number of benzene rings is 1. The first-order chi connectivity index (χ1) is 10.6. The fraction of sp³-hybridized carbons (Fsp3) is 0.286. The molecular weight excluding hydrogens is 304 g/mol. The van der Waals surface area contributed by atoms with Gasteiger partial charge in [-0.15, -0.1) is 11.8 Å². The normalized spacial score (nSPS) is 17.6. The molecule has 1 amide bonds. The molecule has 1 atom stereocenters. The van der Waals surface area contributed by atoms with Crippen LogP contribution in [0.25, 0.3) is 0 Å². The van der Waals surface area contributed by atoms with Crippen LogP contribution in [0.4, 0.5) is 5.69 Å². The number of non-ortho nitro benzene ring substituents is 1. The zero-order valence-corrected chi connectivity index (χ0v) is 12.5. The number of carbonyl (C=O) groups excluding carboxylic acids is 1. The zero-order chi connectivity index (χ0) is 15.5. The van der Waals surface area contributed by atoms with Crippen molar-refractivity contribution in [3.8, 4) is 0 Å². The molecule has 0 aliphatic carbocycles. The van der Waals surface area contributed by atoms with E-state index in [0.29, 0.717) is 6.54 Å². The second-order valence-corrected chi connectivity index (χ2v) is 6.05. The van der Waals surface area contributed by atoms with Crippen LogP contribution in [0.5, 0.6) is 0 Å². The standard InChI is InChI=1S/C14H14N4O3S/c19-13(10-16-7-1-6-15-16)17-8-9-22-14(17)11-2-4-12(5-3-11)18(20)21/h1-7,14H,8-10H2. The van der Waals surface area contributed by atoms with Gasteiger partial charge in [-0.05, 0) is 23.8 Å². The molecule has 0 radical (unpaired) electrons. The number of hydrogen-bond acceptors (Lipinski definition) is 5. The molecule has 7 nitrogen and oxygen atoms in total. The van der Waals surface area contributed by atoms with Crippen molar-refractivity contribution in [1.29, 1.82) is 0 Å². The van der Waals surface area contributed by atoms with Crippen molar-refractivity contribution >= 4 is 23.4 Å². The summed E-state index contributed by atoms with van der Waals surface area (Å²) in [7, 11) is 0. The first kappa shape index (κ1) is 14.6. The third kappa shape index (κ3) is 2.96. The van der Waals surface area contributed by atoms with Crippen molar-refractivity contribution < 1.29 is 9.72 Å². The van der Waals surface area contributed by atoms with Gasteiger partial charge in [-0.25, -0.2) is 0 Å². The first-order valence-corrected chi connectivity index (χ1v) is 7.83. The van der Waals surface area contributed by atoms with Crippen molar-refractivity contribution in [3.05, 3.63) is 58.4 Å². The van der Waals surface area contributed by atoms with E-state index < -0.39 is 4.92 Å². The van der Waals surface area contributed by atoms with Gasteiger partial charge in [0.25, 0.3) is 5.69 Å². The highest BCUT2D eigenvalue weighted by Gasteiger charge is 2.30. The summed E-state index contributed by atoms with van der Waals surface area (Å²) in [5, 5.41) is 14.7. The molecule has 1 aliphatic rings. The van der Waals surface area contributed by atoms with E-state index in [-0.39, 0.29) is 23.5 Å². The van der Waals surface area contributed by atoms with Gasteiger partial charge in [0, 0.05) is 36.8 Å². The lowest BCUT2D eigenvalue weighted by Gasteiger charge is -2.24. The van der Waals surface area contributed by atoms with Crippen molar-refractivity contribution in [2.75, 3.05) is 12.3 Å². The first-order valence-electron chi connectivity index (χ1n) is 6.78. The Bertz CT molecular complexity index is 672. The molecule has 1 aromatic heterocycles. The van der Waals surface area contributed by atoms with Crippen molar-refractivity contribution in [1.82, 2.24) is 14.7 Å². The number of thioether (sulfide) groups is 1. The fourth-order valence-electron chi connectivity index (χ4n) is 2.39. The van der Waals surface area contributed by atoms with E-state index in [1.165, 1.54) is 12.1 Å². The summed E-state index contributed by atoms with van der Waals surface area (Å²) < 4.78 is 1.60. The van der Waals surface area contributed by atoms with Gasteiger partial charge in [-0.2, -0.15) is 5.10 Å². The van der Waals surface area contributed by atoms with Crippen LogP contribution in [0.2, 0.25) is 0 Å². The maximum atomic E-state index is 12.4. The second kappa shape index (κ2) is 6.18. The van der Waals surface area contributed by atoms with Gasteiger partial charge < -0.3 is 4.90 Å². The Labute approximate surface area is 131 Å². The molecule has 22 heavy (non-hydrogen) atoms. The molecule has 1 unspecified atom stereocenters. The predicted octanol–water partition coefficient (Wildman–Crippen LogP) is 2.07. The topological polar surface area (TPSA) is 81.3 Å². The summed E-state index contributed by atoms with van der Waals surface area (Å²) in [6, 6.07) is 8.17. The van der Waals surface area contributed by atoms with Crippen LogP contribution in [0, 0.1) is 10.1 Å². The predicted molar refractivity (Wildman–Crippen MR) is 82.2 cm³/mol. The van der Waals surface area contributed by atoms with E-state index in [0.717, 1.165) is 11.3 Å². The minimum absolute atomic E-state index is 0.00273. The summed E-state index contributed by atoms with van der Waals surface area (Å²) in [4.78, 5) is 24.5. The third-order valence-corrected chi connectivity index (χ3v) is 4.72. The van der Waals surface area contributed by atoms with E-state index in [9.17, 15) is 14.9 Å². The maximum Gasteiger partial charge on any atom is 0.269 e. The fourth-order valence-corrected chi connectivity index (χ4v) is 3.66. The van der Waals surface area contributed by atoms with Crippen LogP contribution >= 0.6 is 11.8 Å². The lowest BCUT2D eigenvalue weighted by molar-refractivity contribution is -0.384. The average molecular weight is 318 g/mol. The van der Waals surface area contributed by atoms with E-state index in [4.69, 9.17) is 0 Å². The Morgan fingerprint density at radius 1 is 1.41 bits per heavy atom. The molecule has 0 bridgehead atoms. The Morgan fingerprint density at radius 2 is 2.18 bits per heavy atom. The Kier molecular flexibility index (Phi) is 4.10. The highest BCUT2D eigenvalue weighted by molar-refractivity contribution is 7.99. The molecule has 3 rings (SSSR count). The molecule has 114 valence electrons. The number of nitro groups is 1. The SMILES string of the molecule is O=C(Cn1cccn1)N1CCSC1c1ccc([N+](=O)[O-])cc1. The summed E-state index contributed by atoms with van der Waals surface area (Å²) in [5.41, 5.74) is 0.961. The lowest BCUT2D eigenvalue weighted by atomic mass is 10.2.